The zero-order valence-electron chi connectivity index (χ0n) is 7.75. The van der Waals surface area contributed by atoms with Crippen molar-refractivity contribution in [3.63, 3.8) is 0 Å². The van der Waals surface area contributed by atoms with Crippen LogP contribution in [-0.2, 0) is 6.54 Å². The van der Waals surface area contributed by atoms with Crippen molar-refractivity contribution in [2.24, 2.45) is 0 Å². The molecular weight excluding hydrogens is 216 g/mol. The van der Waals surface area contributed by atoms with E-state index >= 15 is 0 Å². The Morgan fingerprint density at radius 1 is 1.50 bits per heavy atom. The van der Waals surface area contributed by atoms with Crippen LogP contribution in [0.4, 0.5) is 0 Å². The summed E-state index contributed by atoms with van der Waals surface area (Å²) in [6.45, 7) is 2.93. The van der Waals surface area contributed by atoms with Crippen molar-refractivity contribution in [1.82, 2.24) is 19.7 Å². The highest BCUT2D eigenvalue weighted by Crippen LogP contribution is 2.21. The van der Waals surface area contributed by atoms with Gasteiger partial charge in [0, 0.05) is 24.7 Å². The van der Waals surface area contributed by atoms with Crippen molar-refractivity contribution in [2.75, 3.05) is 5.75 Å². The van der Waals surface area contributed by atoms with Crippen molar-refractivity contribution in [2.45, 2.75) is 17.8 Å². The number of thioether (sulfide) groups is 1. The Kier molecular flexibility index (Phi) is 3.15. The smallest absolute Gasteiger partial charge is 0.174 e. The maximum atomic E-state index is 4.04. The minimum absolute atomic E-state index is 0.962. The molecule has 0 atom stereocenters. The van der Waals surface area contributed by atoms with Crippen LogP contribution in [0.25, 0.3) is 0 Å². The third kappa shape index (κ3) is 2.55. The van der Waals surface area contributed by atoms with Gasteiger partial charge in [0.1, 0.15) is 5.01 Å². The molecule has 4 nitrogen and oxygen atoms in total. The van der Waals surface area contributed by atoms with Crippen LogP contribution >= 0.6 is 23.1 Å². The highest BCUT2D eigenvalue weighted by Gasteiger charge is 2.00. The van der Waals surface area contributed by atoms with E-state index in [9.17, 15) is 0 Å². The first-order chi connectivity index (χ1) is 6.84. The van der Waals surface area contributed by atoms with E-state index in [1.807, 2.05) is 19.4 Å². The van der Waals surface area contributed by atoms with Crippen molar-refractivity contribution < 1.29 is 0 Å². The predicted molar refractivity (Wildman–Crippen MR) is 57.6 cm³/mol. The predicted octanol–water partition coefficient (Wildman–Crippen LogP) is 1.84. The van der Waals surface area contributed by atoms with Crippen LogP contribution in [0.5, 0.6) is 0 Å². The second kappa shape index (κ2) is 4.56. The average Bonchev–Trinajstić information content (AvgIpc) is 2.77. The lowest BCUT2D eigenvalue weighted by Crippen LogP contribution is -1.96. The molecule has 6 heteroatoms. The summed E-state index contributed by atoms with van der Waals surface area (Å²) in [7, 11) is 0. The number of rotatable bonds is 4. The van der Waals surface area contributed by atoms with Crippen LogP contribution in [0.1, 0.15) is 5.01 Å². The zero-order valence-corrected chi connectivity index (χ0v) is 9.38. The van der Waals surface area contributed by atoms with Gasteiger partial charge < -0.3 is 4.57 Å². The number of aromatic nitrogens is 4. The van der Waals surface area contributed by atoms with Crippen molar-refractivity contribution in [3.8, 4) is 0 Å². The highest BCUT2D eigenvalue weighted by molar-refractivity contribution is 8.01. The Morgan fingerprint density at radius 3 is 3.07 bits per heavy atom. The summed E-state index contributed by atoms with van der Waals surface area (Å²) in [4.78, 5) is 3.98. The van der Waals surface area contributed by atoms with Crippen LogP contribution in [0, 0.1) is 6.92 Å². The molecule has 2 heterocycles. The second-order valence-corrected chi connectivity index (χ2v) is 5.26. The van der Waals surface area contributed by atoms with Gasteiger partial charge in [0.25, 0.3) is 0 Å². The first-order valence-electron chi connectivity index (χ1n) is 4.23. The minimum atomic E-state index is 0.962. The summed E-state index contributed by atoms with van der Waals surface area (Å²) >= 11 is 3.38. The third-order valence-corrected chi connectivity index (χ3v) is 3.59. The van der Waals surface area contributed by atoms with Crippen LogP contribution < -0.4 is 0 Å². The molecule has 0 spiro atoms. The molecule has 0 unspecified atom stereocenters. The zero-order chi connectivity index (χ0) is 9.80. The monoisotopic (exact) mass is 226 g/mol. The largest absolute Gasteiger partial charge is 0.337 e. The summed E-state index contributed by atoms with van der Waals surface area (Å²) in [6, 6.07) is 0. The fourth-order valence-electron chi connectivity index (χ4n) is 0.994. The second-order valence-electron chi connectivity index (χ2n) is 2.74. The molecule has 0 aromatic carbocycles. The Balaban J connectivity index is 1.78. The lowest BCUT2D eigenvalue weighted by molar-refractivity contribution is 0.770. The Bertz CT molecular complexity index is 382. The van der Waals surface area contributed by atoms with Gasteiger partial charge in [0.05, 0.1) is 6.33 Å². The lowest BCUT2D eigenvalue weighted by atomic mass is 10.7. The SMILES string of the molecule is Cc1nnc(SCCn2ccnc2)s1. The fourth-order valence-corrected chi connectivity index (χ4v) is 2.83. The van der Waals surface area contributed by atoms with Gasteiger partial charge in [-0.1, -0.05) is 23.1 Å². The summed E-state index contributed by atoms with van der Waals surface area (Å²) in [5.41, 5.74) is 0. The molecule has 0 aliphatic carbocycles. The molecule has 0 aliphatic rings. The number of hydrogen-bond donors (Lipinski definition) is 0. The number of nitrogens with zero attached hydrogens (tertiary/aromatic N) is 4. The molecule has 2 aromatic rings. The molecule has 0 aliphatic heterocycles. The number of hydrogen-bond acceptors (Lipinski definition) is 5. The standard InChI is InChI=1S/C8H10N4S2/c1-7-10-11-8(14-7)13-5-4-12-3-2-9-6-12/h2-3,6H,4-5H2,1H3. The molecule has 0 saturated heterocycles. The summed E-state index contributed by atoms with van der Waals surface area (Å²) in [5, 5.41) is 9.03. The average molecular weight is 226 g/mol. The Hall–Kier alpha value is -0.880. The van der Waals surface area contributed by atoms with E-state index in [1.165, 1.54) is 0 Å². The minimum Gasteiger partial charge on any atom is -0.337 e. The van der Waals surface area contributed by atoms with Gasteiger partial charge in [-0.25, -0.2) is 4.98 Å². The van der Waals surface area contributed by atoms with E-state index in [0.717, 1.165) is 21.6 Å². The quantitative estimate of drug-likeness (QED) is 0.746. The maximum absolute atomic E-state index is 4.04. The van der Waals surface area contributed by atoms with E-state index in [-0.39, 0.29) is 0 Å². The summed E-state index contributed by atoms with van der Waals surface area (Å²) < 4.78 is 3.10. The topological polar surface area (TPSA) is 43.6 Å². The van der Waals surface area contributed by atoms with Crippen molar-refractivity contribution in [3.05, 3.63) is 23.7 Å². The van der Waals surface area contributed by atoms with Crippen LogP contribution in [0.3, 0.4) is 0 Å². The molecule has 74 valence electrons. The first-order valence-corrected chi connectivity index (χ1v) is 6.03. The van der Waals surface area contributed by atoms with E-state index in [4.69, 9.17) is 0 Å². The van der Waals surface area contributed by atoms with E-state index in [0.29, 0.717) is 0 Å². The van der Waals surface area contributed by atoms with Gasteiger partial charge >= 0.3 is 0 Å². The summed E-state index contributed by atoms with van der Waals surface area (Å²) in [6.07, 6.45) is 5.58. The Labute approximate surface area is 90.4 Å². The molecule has 0 saturated carbocycles. The van der Waals surface area contributed by atoms with Crippen molar-refractivity contribution in [1.29, 1.82) is 0 Å². The van der Waals surface area contributed by atoms with E-state index in [2.05, 4.69) is 19.7 Å². The lowest BCUT2D eigenvalue weighted by Gasteiger charge is -1.98. The van der Waals surface area contributed by atoms with Crippen LogP contribution in [-0.4, -0.2) is 25.5 Å². The summed E-state index contributed by atoms with van der Waals surface area (Å²) in [5.74, 6) is 1.00. The molecule has 0 fully saturated rings. The van der Waals surface area contributed by atoms with Gasteiger partial charge in [-0.05, 0) is 6.92 Å². The van der Waals surface area contributed by atoms with Gasteiger partial charge in [-0.3, -0.25) is 0 Å². The van der Waals surface area contributed by atoms with Crippen molar-refractivity contribution >= 4 is 23.1 Å². The van der Waals surface area contributed by atoms with Gasteiger partial charge in [0.15, 0.2) is 4.34 Å². The van der Waals surface area contributed by atoms with Crippen LogP contribution in [0.2, 0.25) is 0 Å². The van der Waals surface area contributed by atoms with Gasteiger partial charge in [-0.2, -0.15) is 0 Å². The molecule has 0 radical (unpaired) electrons. The maximum Gasteiger partial charge on any atom is 0.174 e. The molecule has 14 heavy (non-hydrogen) atoms. The molecular formula is C8H10N4S2. The number of imidazole rings is 1. The van der Waals surface area contributed by atoms with Gasteiger partial charge in [-0.15, -0.1) is 10.2 Å². The van der Waals surface area contributed by atoms with E-state index in [1.54, 1.807) is 29.3 Å². The molecule has 2 aromatic heterocycles. The molecule has 0 bridgehead atoms. The number of aryl methyl sites for hydroxylation is 2. The van der Waals surface area contributed by atoms with Gasteiger partial charge in [0.2, 0.25) is 0 Å². The first kappa shape index (κ1) is 9.67. The molecule has 0 N–H and O–H groups in total. The van der Waals surface area contributed by atoms with Crippen LogP contribution in [0.15, 0.2) is 23.1 Å². The third-order valence-electron chi connectivity index (χ3n) is 1.64. The van der Waals surface area contributed by atoms with E-state index < -0.39 is 0 Å². The normalized spacial score (nSPS) is 10.6. The molecule has 2 rings (SSSR count). The molecule has 0 amide bonds. The fraction of sp³-hybridized carbons (Fsp3) is 0.375. The Morgan fingerprint density at radius 2 is 2.43 bits per heavy atom. The highest BCUT2D eigenvalue weighted by atomic mass is 32.2.